The molecule has 1 saturated carbocycles. The van der Waals surface area contributed by atoms with E-state index in [9.17, 15) is 22.4 Å². The van der Waals surface area contributed by atoms with Gasteiger partial charge in [0.2, 0.25) is 0 Å². The summed E-state index contributed by atoms with van der Waals surface area (Å²) in [6.07, 6.45) is 0.241. The maximum absolute atomic E-state index is 14.6. The third kappa shape index (κ3) is 4.58. The lowest BCUT2D eigenvalue weighted by atomic mass is 9.92. The monoisotopic (exact) mass is 427 g/mol. The van der Waals surface area contributed by atoms with Crippen molar-refractivity contribution in [3.05, 3.63) is 36.0 Å². The molecule has 1 aromatic carbocycles. The zero-order valence-electron chi connectivity index (χ0n) is 16.0. The Labute approximate surface area is 170 Å². The van der Waals surface area contributed by atoms with Crippen LogP contribution in [0.5, 0.6) is 5.75 Å². The molecule has 0 radical (unpaired) electrons. The van der Waals surface area contributed by atoms with E-state index in [-0.39, 0.29) is 17.4 Å². The van der Waals surface area contributed by atoms with E-state index in [0.717, 1.165) is 6.07 Å². The van der Waals surface area contributed by atoms with E-state index < -0.39 is 30.6 Å². The second-order valence-corrected chi connectivity index (χ2v) is 7.53. The summed E-state index contributed by atoms with van der Waals surface area (Å²) in [7, 11) is 0. The molecule has 162 valence electrons. The lowest BCUT2D eigenvalue weighted by Gasteiger charge is -2.29. The van der Waals surface area contributed by atoms with E-state index in [2.05, 4.69) is 10.3 Å². The molecule has 0 bridgehead atoms. The molecule has 10 heteroatoms. The number of aromatic nitrogens is 2. The van der Waals surface area contributed by atoms with Gasteiger partial charge >= 0.3 is 6.18 Å². The van der Waals surface area contributed by atoms with Gasteiger partial charge in [0.1, 0.15) is 13.2 Å². The lowest BCUT2D eigenvalue weighted by molar-refractivity contribution is -0.188. The molecule has 2 aliphatic rings. The number of halogens is 4. The minimum Gasteiger partial charge on any atom is -0.488 e. The molecule has 30 heavy (non-hydrogen) atoms. The Hall–Kier alpha value is -2.62. The Kier molecular flexibility index (Phi) is 5.68. The number of hydrogen-bond donors (Lipinski definition) is 1. The Balaban J connectivity index is 1.42. The number of carbonyl (C=O) groups is 1. The van der Waals surface area contributed by atoms with Crippen molar-refractivity contribution in [3.8, 4) is 17.0 Å². The van der Waals surface area contributed by atoms with Gasteiger partial charge in [-0.05, 0) is 37.8 Å². The van der Waals surface area contributed by atoms with Gasteiger partial charge in [-0.3, -0.25) is 4.79 Å². The molecular formula is C20H21F4N3O3. The summed E-state index contributed by atoms with van der Waals surface area (Å²) in [6, 6.07) is 2.51. The molecule has 0 saturated heterocycles. The van der Waals surface area contributed by atoms with E-state index in [1.807, 2.05) is 4.57 Å². The van der Waals surface area contributed by atoms with Crippen LogP contribution in [0.4, 0.5) is 17.6 Å². The number of alkyl halides is 3. The third-order valence-electron chi connectivity index (χ3n) is 5.36. The van der Waals surface area contributed by atoms with Crippen LogP contribution in [0, 0.1) is 5.82 Å². The number of nitrogens with zero attached hydrogens (tertiary/aromatic N) is 2. The summed E-state index contributed by atoms with van der Waals surface area (Å²) in [4.78, 5) is 16.8. The summed E-state index contributed by atoms with van der Waals surface area (Å²) >= 11 is 0. The van der Waals surface area contributed by atoms with E-state index in [1.165, 1.54) is 0 Å². The minimum atomic E-state index is -4.35. The molecule has 2 aromatic rings. The fourth-order valence-electron chi connectivity index (χ4n) is 3.89. The number of hydrogen-bond acceptors (Lipinski definition) is 4. The number of amides is 1. The van der Waals surface area contributed by atoms with E-state index >= 15 is 0 Å². The van der Waals surface area contributed by atoms with Crippen LogP contribution in [0.3, 0.4) is 0 Å². The molecule has 4 rings (SSSR count). The molecule has 0 atom stereocenters. The molecule has 0 unspecified atom stereocenters. The molecule has 1 N–H and O–H groups in total. The highest BCUT2D eigenvalue weighted by Gasteiger charge is 2.31. The van der Waals surface area contributed by atoms with Crippen molar-refractivity contribution >= 4 is 5.91 Å². The number of nitrogens with one attached hydrogen (secondary N) is 1. The molecule has 1 aromatic heterocycles. The SMILES string of the molecule is O=C(NC1CCC(OCC(F)(F)F)CC1)c1cc(F)c2c(c1)-c1cncn1CCO2. The predicted octanol–water partition coefficient (Wildman–Crippen LogP) is 3.70. The second kappa shape index (κ2) is 8.25. The van der Waals surface area contributed by atoms with Crippen LogP contribution in [-0.4, -0.2) is 47.0 Å². The van der Waals surface area contributed by atoms with Gasteiger partial charge in [-0.2, -0.15) is 13.2 Å². The van der Waals surface area contributed by atoms with Crippen LogP contribution >= 0.6 is 0 Å². The van der Waals surface area contributed by atoms with Gasteiger partial charge in [0.15, 0.2) is 11.6 Å². The predicted molar refractivity (Wildman–Crippen MR) is 98.6 cm³/mol. The number of carbonyl (C=O) groups excluding carboxylic acids is 1. The van der Waals surface area contributed by atoms with Gasteiger partial charge in [-0.15, -0.1) is 0 Å². The summed E-state index contributed by atoms with van der Waals surface area (Å²) in [5, 5.41) is 2.85. The highest BCUT2D eigenvalue weighted by Crippen LogP contribution is 2.35. The zero-order chi connectivity index (χ0) is 21.3. The van der Waals surface area contributed by atoms with Crippen LogP contribution in [0.1, 0.15) is 36.0 Å². The minimum absolute atomic E-state index is 0.0909. The Bertz CT molecular complexity index is 921. The summed E-state index contributed by atoms with van der Waals surface area (Å²) in [5.74, 6) is -0.976. The van der Waals surface area contributed by atoms with Crippen molar-refractivity contribution in [2.24, 2.45) is 0 Å². The first kappa shape index (κ1) is 20.6. The maximum atomic E-state index is 14.6. The molecule has 0 spiro atoms. The molecule has 1 aliphatic carbocycles. The standard InChI is InChI=1S/C20H21F4N3O3/c21-16-8-12(7-15-17-9-25-11-27(17)5-6-29-18(15)16)19(28)26-13-1-3-14(4-2-13)30-10-20(22,23)24/h7-9,11,13-14H,1-6,10H2,(H,26,28). The average Bonchev–Trinajstić information content (AvgIpc) is 3.09. The van der Waals surface area contributed by atoms with Gasteiger partial charge in [0.05, 0.1) is 30.9 Å². The van der Waals surface area contributed by atoms with E-state index in [4.69, 9.17) is 9.47 Å². The van der Waals surface area contributed by atoms with Crippen molar-refractivity contribution in [2.45, 2.75) is 50.6 Å². The lowest BCUT2D eigenvalue weighted by Crippen LogP contribution is -2.39. The van der Waals surface area contributed by atoms with Crippen molar-refractivity contribution in [1.82, 2.24) is 14.9 Å². The Morgan fingerprint density at radius 3 is 2.77 bits per heavy atom. The molecule has 6 nitrogen and oxygen atoms in total. The molecule has 1 fully saturated rings. The van der Waals surface area contributed by atoms with Gasteiger partial charge in [0, 0.05) is 17.2 Å². The van der Waals surface area contributed by atoms with E-state index in [1.54, 1.807) is 18.6 Å². The average molecular weight is 427 g/mol. The molecular weight excluding hydrogens is 406 g/mol. The second-order valence-electron chi connectivity index (χ2n) is 7.53. The van der Waals surface area contributed by atoms with Gasteiger partial charge < -0.3 is 19.4 Å². The van der Waals surface area contributed by atoms with E-state index in [0.29, 0.717) is 50.1 Å². The van der Waals surface area contributed by atoms with Crippen molar-refractivity contribution in [2.75, 3.05) is 13.2 Å². The molecule has 1 aliphatic heterocycles. The summed E-state index contributed by atoms with van der Waals surface area (Å²) < 4.78 is 63.7. The quantitative estimate of drug-likeness (QED) is 0.756. The van der Waals surface area contributed by atoms with Crippen molar-refractivity contribution in [1.29, 1.82) is 0 Å². The normalized spacial score (nSPS) is 21.2. The smallest absolute Gasteiger partial charge is 0.411 e. The maximum Gasteiger partial charge on any atom is 0.411 e. The van der Waals surface area contributed by atoms with Gasteiger partial charge in [0.25, 0.3) is 5.91 Å². The van der Waals surface area contributed by atoms with Gasteiger partial charge in [-0.25, -0.2) is 9.37 Å². The fraction of sp³-hybridized carbons (Fsp3) is 0.500. The summed E-state index contributed by atoms with van der Waals surface area (Å²) in [5.41, 5.74) is 1.28. The zero-order valence-corrected chi connectivity index (χ0v) is 16.0. The Morgan fingerprint density at radius 2 is 2.03 bits per heavy atom. The first-order chi connectivity index (χ1) is 14.3. The van der Waals surface area contributed by atoms with Crippen LogP contribution in [0.25, 0.3) is 11.3 Å². The molecule has 1 amide bonds. The highest BCUT2D eigenvalue weighted by molar-refractivity contribution is 5.96. The van der Waals surface area contributed by atoms with Crippen molar-refractivity contribution in [3.63, 3.8) is 0 Å². The number of fused-ring (bicyclic) bond motifs is 3. The first-order valence-electron chi connectivity index (χ1n) is 9.76. The van der Waals surface area contributed by atoms with Crippen LogP contribution in [0.2, 0.25) is 0 Å². The van der Waals surface area contributed by atoms with Crippen molar-refractivity contribution < 1.29 is 31.8 Å². The highest BCUT2D eigenvalue weighted by atomic mass is 19.4. The number of benzene rings is 1. The fourth-order valence-corrected chi connectivity index (χ4v) is 3.89. The number of rotatable bonds is 4. The number of imidazole rings is 1. The van der Waals surface area contributed by atoms with Crippen LogP contribution < -0.4 is 10.1 Å². The van der Waals surface area contributed by atoms with Crippen LogP contribution in [-0.2, 0) is 11.3 Å². The molecule has 2 heterocycles. The largest absolute Gasteiger partial charge is 0.488 e. The number of ether oxygens (including phenoxy) is 2. The van der Waals surface area contributed by atoms with Gasteiger partial charge in [-0.1, -0.05) is 0 Å². The summed E-state index contributed by atoms with van der Waals surface area (Å²) in [6.45, 7) is -0.454. The Morgan fingerprint density at radius 1 is 1.27 bits per heavy atom. The first-order valence-corrected chi connectivity index (χ1v) is 9.76. The third-order valence-corrected chi connectivity index (χ3v) is 5.36. The topological polar surface area (TPSA) is 65.4 Å². The van der Waals surface area contributed by atoms with Crippen LogP contribution in [0.15, 0.2) is 24.7 Å².